The number of nitrogens with one attached hydrogen (secondary N) is 2. The highest BCUT2D eigenvalue weighted by atomic mass is 16.6. The molecule has 0 unspecified atom stereocenters. The molecule has 42 heavy (non-hydrogen) atoms. The maximum atomic E-state index is 14.1. The van der Waals surface area contributed by atoms with Crippen molar-refractivity contribution in [3.05, 3.63) is 29.8 Å². The number of carbonyl (C=O) groups excluding carboxylic acids is 4. The molecule has 0 aromatic heterocycles. The van der Waals surface area contributed by atoms with Crippen molar-refractivity contribution in [2.45, 2.75) is 89.2 Å². The van der Waals surface area contributed by atoms with Crippen LogP contribution in [0.3, 0.4) is 0 Å². The van der Waals surface area contributed by atoms with E-state index in [1.165, 1.54) is 11.9 Å². The highest BCUT2D eigenvalue weighted by Gasteiger charge is 2.45. The van der Waals surface area contributed by atoms with Gasteiger partial charge in [-0.25, -0.2) is 4.79 Å². The van der Waals surface area contributed by atoms with E-state index in [-0.39, 0.29) is 37.0 Å². The molecule has 1 aromatic carbocycles. The number of rotatable bonds is 6. The zero-order valence-corrected chi connectivity index (χ0v) is 25.1. The van der Waals surface area contributed by atoms with Gasteiger partial charge in [-0.1, -0.05) is 18.2 Å². The van der Waals surface area contributed by atoms with Gasteiger partial charge in [0.15, 0.2) is 0 Å². The maximum Gasteiger partial charge on any atom is 0.410 e. The molecule has 3 aliphatic heterocycles. The van der Waals surface area contributed by atoms with Crippen molar-refractivity contribution < 1.29 is 28.7 Å². The van der Waals surface area contributed by atoms with Crippen LogP contribution in [0.1, 0.15) is 65.0 Å². The van der Waals surface area contributed by atoms with Crippen molar-refractivity contribution in [1.29, 1.82) is 5.26 Å². The van der Waals surface area contributed by atoms with Crippen LogP contribution >= 0.6 is 0 Å². The number of hydrogen-bond acceptors (Lipinski definition) is 8. The number of fused-ring (bicyclic) bond motifs is 2. The van der Waals surface area contributed by atoms with E-state index in [1.54, 1.807) is 32.6 Å². The Morgan fingerprint density at radius 2 is 1.88 bits per heavy atom. The standard InChI is InChI=1S/C30H42N6O6/c1-19(34(5)29(40)42-30(2,3)4)26(37)33-23-18-35(16-14-31)15-12-20-10-11-24(36(20)28(23)39)27(38)32-22-13-17-41-25-9-7-6-8-21(22)25/h6-9,19-20,22-24H,10-13,15-18H2,1-5H3,(H,32,38)(H,33,37)/t19-,20+,22+,23-,24-/m0/s1. The molecule has 5 atom stereocenters. The highest BCUT2D eigenvalue weighted by Crippen LogP contribution is 2.34. The summed E-state index contributed by atoms with van der Waals surface area (Å²) >= 11 is 0. The molecule has 0 saturated carbocycles. The molecule has 0 spiro atoms. The first-order valence-electron chi connectivity index (χ1n) is 14.6. The number of nitrogens with zero attached hydrogens (tertiary/aromatic N) is 4. The Morgan fingerprint density at radius 1 is 1.14 bits per heavy atom. The Labute approximate surface area is 247 Å². The molecule has 3 heterocycles. The molecule has 12 nitrogen and oxygen atoms in total. The average Bonchev–Trinajstić information content (AvgIpc) is 3.36. The van der Waals surface area contributed by atoms with E-state index in [4.69, 9.17) is 9.47 Å². The van der Waals surface area contributed by atoms with E-state index in [1.807, 2.05) is 29.2 Å². The zero-order valence-electron chi connectivity index (χ0n) is 25.1. The van der Waals surface area contributed by atoms with E-state index in [9.17, 15) is 24.4 Å². The smallest absolute Gasteiger partial charge is 0.410 e. The van der Waals surface area contributed by atoms with Gasteiger partial charge in [-0.3, -0.25) is 24.2 Å². The number of carbonyl (C=O) groups is 4. The molecule has 12 heteroatoms. The lowest BCUT2D eigenvalue weighted by atomic mass is 10.00. The van der Waals surface area contributed by atoms with Crippen molar-refractivity contribution in [3.63, 3.8) is 0 Å². The number of para-hydroxylation sites is 1. The number of ether oxygens (including phenoxy) is 2. The van der Waals surface area contributed by atoms with Crippen LogP contribution in [0.5, 0.6) is 5.75 Å². The van der Waals surface area contributed by atoms with Crippen molar-refractivity contribution in [1.82, 2.24) is 25.3 Å². The average molecular weight is 583 g/mol. The van der Waals surface area contributed by atoms with Gasteiger partial charge in [0.05, 0.1) is 25.3 Å². The molecule has 228 valence electrons. The van der Waals surface area contributed by atoms with Crippen LogP contribution in [0.25, 0.3) is 0 Å². The summed E-state index contributed by atoms with van der Waals surface area (Å²) in [4.78, 5) is 58.3. The number of likely N-dealkylation sites (N-methyl/N-ethyl adjacent to an activating group) is 1. The Bertz CT molecular complexity index is 1230. The maximum absolute atomic E-state index is 14.1. The summed E-state index contributed by atoms with van der Waals surface area (Å²) in [6, 6.07) is 6.71. The van der Waals surface area contributed by atoms with Crippen molar-refractivity contribution in [2.75, 3.05) is 33.3 Å². The van der Waals surface area contributed by atoms with Gasteiger partial charge >= 0.3 is 6.09 Å². The summed E-state index contributed by atoms with van der Waals surface area (Å²) in [7, 11) is 1.46. The third-order valence-electron chi connectivity index (χ3n) is 8.10. The first kappa shape index (κ1) is 31.1. The van der Waals surface area contributed by atoms with Crippen molar-refractivity contribution in [2.24, 2.45) is 0 Å². The lowest BCUT2D eigenvalue weighted by Crippen LogP contribution is -2.62. The van der Waals surface area contributed by atoms with Gasteiger partial charge in [0, 0.05) is 38.2 Å². The third-order valence-corrected chi connectivity index (χ3v) is 8.10. The van der Waals surface area contributed by atoms with Crippen LogP contribution in [-0.2, 0) is 19.1 Å². The number of benzene rings is 1. The number of amides is 4. The van der Waals surface area contributed by atoms with Crippen molar-refractivity contribution >= 4 is 23.8 Å². The quantitative estimate of drug-likeness (QED) is 0.485. The number of hydrogen-bond donors (Lipinski definition) is 2. The molecule has 2 N–H and O–H groups in total. The fourth-order valence-corrected chi connectivity index (χ4v) is 5.77. The minimum Gasteiger partial charge on any atom is -0.493 e. The summed E-state index contributed by atoms with van der Waals surface area (Å²) in [5.74, 6) is -0.389. The van der Waals surface area contributed by atoms with Crippen LogP contribution in [0.15, 0.2) is 24.3 Å². The second-order valence-electron chi connectivity index (χ2n) is 12.2. The summed E-state index contributed by atoms with van der Waals surface area (Å²) in [6.45, 7) is 8.01. The summed E-state index contributed by atoms with van der Waals surface area (Å²) in [5, 5.41) is 15.3. The zero-order chi connectivity index (χ0) is 30.6. The molecule has 3 aliphatic rings. The SMILES string of the molecule is C[C@@H](C(=O)N[C@H]1CN(CC#N)CC[C@H]2CC[C@@H](C(=O)N[C@@H]3CCOc4ccccc43)N2C1=O)N(C)C(=O)OC(C)(C)C. The summed E-state index contributed by atoms with van der Waals surface area (Å²) in [5.41, 5.74) is 0.174. The van der Waals surface area contributed by atoms with Gasteiger partial charge in [0.2, 0.25) is 17.7 Å². The van der Waals surface area contributed by atoms with Gasteiger partial charge < -0.3 is 25.0 Å². The van der Waals surface area contributed by atoms with E-state index >= 15 is 0 Å². The Morgan fingerprint density at radius 3 is 2.60 bits per heavy atom. The highest BCUT2D eigenvalue weighted by molar-refractivity contribution is 5.94. The topological polar surface area (TPSA) is 144 Å². The minimum absolute atomic E-state index is 0.104. The molecular weight excluding hydrogens is 540 g/mol. The summed E-state index contributed by atoms with van der Waals surface area (Å²) in [6.07, 6.45) is 1.73. The van der Waals surface area contributed by atoms with Crippen LogP contribution < -0.4 is 15.4 Å². The first-order valence-corrected chi connectivity index (χ1v) is 14.6. The predicted octanol–water partition coefficient (Wildman–Crippen LogP) is 1.96. The van der Waals surface area contributed by atoms with E-state index in [0.717, 1.165) is 11.3 Å². The Kier molecular flexibility index (Phi) is 9.61. The molecule has 1 aromatic rings. The van der Waals surface area contributed by atoms with Gasteiger partial charge in [0.1, 0.15) is 29.5 Å². The number of nitriles is 1. The monoisotopic (exact) mass is 582 g/mol. The molecule has 2 saturated heterocycles. The van der Waals surface area contributed by atoms with Gasteiger partial charge in [0.25, 0.3) is 0 Å². The normalized spacial score (nSPS) is 25.0. The van der Waals surface area contributed by atoms with Crippen LogP contribution in [0.4, 0.5) is 4.79 Å². The van der Waals surface area contributed by atoms with E-state index < -0.39 is 35.7 Å². The molecule has 4 rings (SSSR count). The molecule has 0 aliphatic carbocycles. The fraction of sp³-hybridized carbons (Fsp3) is 0.633. The first-order chi connectivity index (χ1) is 19.9. The van der Waals surface area contributed by atoms with Gasteiger partial charge in [-0.05, 0) is 53.0 Å². The van der Waals surface area contributed by atoms with Gasteiger partial charge in [-0.15, -0.1) is 0 Å². The van der Waals surface area contributed by atoms with Crippen LogP contribution in [-0.4, -0.2) is 102 Å². The van der Waals surface area contributed by atoms with Crippen molar-refractivity contribution in [3.8, 4) is 11.8 Å². The van der Waals surface area contributed by atoms with Gasteiger partial charge in [-0.2, -0.15) is 5.26 Å². The van der Waals surface area contributed by atoms with E-state index in [2.05, 4.69) is 16.7 Å². The van der Waals surface area contributed by atoms with Crippen LogP contribution in [0, 0.1) is 11.3 Å². The predicted molar refractivity (Wildman–Crippen MR) is 153 cm³/mol. The summed E-state index contributed by atoms with van der Waals surface area (Å²) < 4.78 is 11.1. The van der Waals surface area contributed by atoms with Crippen LogP contribution in [0.2, 0.25) is 0 Å². The molecule has 0 radical (unpaired) electrons. The fourth-order valence-electron chi connectivity index (χ4n) is 5.77. The molecule has 4 amide bonds. The second kappa shape index (κ2) is 13.0. The van der Waals surface area contributed by atoms with E-state index in [0.29, 0.717) is 38.8 Å². The largest absolute Gasteiger partial charge is 0.493 e. The minimum atomic E-state index is -1.000. The molecule has 0 bridgehead atoms. The lowest BCUT2D eigenvalue weighted by Gasteiger charge is -2.39. The second-order valence-corrected chi connectivity index (χ2v) is 12.2. The Balaban J connectivity index is 1.51. The Hall–Kier alpha value is -3.85. The molecule has 2 fully saturated rings. The third kappa shape index (κ3) is 7.13. The molecular formula is C30H42N6O6. The lowest BCUT2D eigenvalue weighted by molar-refractivity contribution is -0.145.